The van der Waals surface area contributed by atoms with E-state index in [4.69, 9.17) is 0 Å². The van der Waals surface area contributed by atoms with Gasteiger partial charge in [-0.2, -0.15) is 0 Å². The third-order valence-corrected chi connectivity index (χ3v) is 3.48. The number of rotatable bonds is 4. The molecule has 1 fully saturated rings. The fourth-order valence-electron chi connectivity index (χ4n) is 2.36. The lowest BCUT2D eigenvalue weighted by Crippen LogP contribution is -2.31. The molecule has 1 N–H and O–H groups in total. The molecule has 7 nitrogen and oxygen atoms in total. The number of carbonyl (C=O) groups excluding carboxylic acids is 1. The van der Waals surface area contributed by atoms with Crippen LogP contribution in [0.2, 0.25) is 0 Å². The first-order valence-electron chi connectivity index (χ1n) is 6.66. The van der Waals surface area contributed by atoms with E-state index in [2.05, 4.69) is 10.3 Å². The molecule has 1 aliphatic heterocycles. The molecule has 108 valence electrons. The summed E-state index contributed by atoms with van der Waals surface area (Å²) >= 11 is 0. The van der Waals surface area contributed by atoms with Crippen molar-refractivity contribution in [2.45, 2.75) is 32.7 Å². The lowest BCUT2D eigenvalue weighted by atomic mass is 10.2. The zero-order valence-corrected chi connectivity index (χ0v) is 11.6. The quantitative estimate of drug-likeness (QED) is 0.669. The second-order valence-electron chi connectivity index (χ2n) is 4.94. The Hall–Kier alpha value is -2.18. The van der Waals surface area contributed by atoms with Gasteiger partial charge in [0.05, 0.1) is 4.92 Å². The van der Waals surface area contributed by atoms with E-state index in [1.54, 1.807) is 13.0 Å². The van der Waals surface area contributed by atoms with Gasteiger partial charge in [0.1, 0.15) is 12.0 Å². The molecule has 1 aromatic heterocycles. The second-order valence-corrected chi connectivity index (χ2v) is 4.94. The van der Waals surface area contributed by atoms with E-state index in [0.29, 0.717) is 24.3 Å². The van der Waals surface area contributed by atoms with Crippen LogP contribution in [0.5, 0.6) is 0 Å². The van der Waals surface area contributed by atoms with Crippen LogP contribution in [0.1, 0.15) is 25.3 Å². The average Bonchev–Trinajstić information content (AvgIpc) is 2.86. The summed E-state index contributed by atoms with van der Waals surface area (Å²) in [6, 6.07) is 1.82. The van der Waals surface area contributed by atoms with E-state index < -0.39 is 4.92 Å². The maximum Gasteiger partial charge on any atom is 0.290 e. The highest BCUT2D eigenvalue weighted by Gasteiger charge is 2.25. The molecular formula is C13H18N4O3. The summed E-state index contributed by atoms with van der Waals surface area (Å²) in [5.74, 6) is 0.769. The number of aromatic nitrogens is 1. The van der Waals surface area contributed by atoms with Crippen LogP contribution in [0.15, 0.2) is 12.3 Å². The van der Waals surface area contributed by atoms with Crippen LogP contribution in [-0.4, -0.2) is 39.8 Å². The first-order valence-corrected chi connectivity index (χ1v) is 6.66. The number of nitro groups is 1. The fourth-order valence-corrected chi connectivity index (χ4v) is 2.36. The Morgan fingerprint density at radius 2 is 2.40 bits per heavy atom. The number of carbonyl (C=O) groups is 1. The number of hydrogen-bond acceptors (Lipinski definition) is 5. The van der Waals surface area contributed by atoms with Crippen LogP contribution in [-0.2, 0) is 4.79 Å². The third kappa shape index (κ3) is 3.04. The van der Waals surface area contributed by atoms with Crippen LogP contribution in [0.4, 0.5) is 11.5 Å². The summed E-state index contributed by atoms with van der Waals surface area (Å²) in [4.78, 5) is 27.8. The lowest BCUT2D eigenvalue weighted by Gasteiger charge is -2.16. The Morgan fingerprint density at radius 1 is 1.65 bits per heavy atom. The molecule has 2 rings (SSSR count). The molecule has 0 radical (unpaired) electrons. The summed E-state index contributed by atoms with van der Waals surface area (Å²) < 4.78 is 0. The molecule has 0 spiro atoms. The maximum absolute atomic E-state index is 11.6. The fraction of sp³-hybridized carbons (Fsp3) is 0.538. The van der Waals surface area contributed by atoms with Crippen molar-refractivity contribution in [1.29, 1.82) is 0 Å². The Morgan fingerprint density at radius 3 is 3.00 bits per heavy atom. The molecule has 1 aromatic rings. The number of likely N-dealkylation sites (tertiary alicyclic amines) is 1. The first-order chi connectivity index (χ1) is 9.51. The van der Waals surface area contributed by atoms with Gasteiger partial charge in [0.25, 0.3) is 5.69 Å². The standard InChI is InChI=1S/C13H18N4O3/c1-3-13(18)16-5-4-10(8-16)15-12-6-9(2)11(7-14-12)17(19)20/h6-7,10H,3-5,8H2,1-2H3,(H,14,15). The van der Waals surface area contributed by atoms with Crippen LogP contribution in [0.25, 0.3) is 0 Å². The molecule has 20 heavy (non-hydrogen) atoms. The van der Waals surface area contributed by atoms with Crippen LogP contribution < -0.4 is 5.32 Å². The largest absolute Gasteiger partial charge is 0.365 e. The molecule has 1 saturated heterocycles. The number of aryl methyl sites for hydroxylation is 1. The number of amides is 1. The van der Waals surface area contributed by atoms with Gasteiger partial charge in [0.15, 0.2) is 0 Å². The van der Waals surface area contributed by atoms with Gasteiger partial charge in [0, 0.05) is 31.1 Å². The molecule has 1 atom stereocenters. The third-order valence-electron chi connectivity index (χ3n) is 3.48. The van der Waals surface area contributed by atoms with Gasteiger partial charge in [0.2, 0.25) is 5.91 Å². The van der Waals surface area contributed by atoms with Crippen molar-refractivity contribution in [3.05, 3.63) is 27.9 Å². The van der Waals surface area contributed by atoms with Crippen molar-refractivity contribution in [3.63, 3.8) is 0 Å². The minimum Gasteiger partial charge on any atom is -0.365 e. The zero-order chi connectivity index (χ0) is 14.7. The van der Waals surface area contributed by atoms with E-state index in [0.717, 1.165) is 13.0 Å². The molecule has 0 bridgehead atoms. The number of hydrogen-bond donors (Lipinski definition) is 1. The molecule has 0 saturated carbocycles. The lowest BCUT2D eigenvalue weighted by molar-refractivity contribution is -0.385. The second kappa shape index (κ2) is 5.85. The maximum atomic E-state index is 11.6. The molecule has 1 amide bonds. The van der Waals surface area contributed by atoms with Gasteiger partial charge in [-0.15, -0.1) is 0 Å². The van der Waals surface area contributed by atoms with Crippen molar-refractivity contribution >= 4 is 17.4 Å². The van der Waals surface area contributed by atoms with Gasteiger partial charge in [-0.3, -0.25) is 14.9 Å². The molecule has 0 aliphatic carbocycles. The molecular weight excluding hydrogens is 260 g/mol. The smallest absolute Gasteiger partial charge is 0.290 e. The van der Waals surface area contributed by atoms with Crippen molar-refractivity contribution in [2.24, 2.45) is 0 Å². The van der Waals surface area contributed by atoms with Crippen molar-refractivity contribution in [2.75, 3.05) is 18.4 Å². The molecule has 0 aromatic carbocycles. The Bertz CT molecular complexity index is 532. The van der Waals surface area contributed by atoms with Crippen molar-refractivity contribution < 1.29 is 9.72 Å². The first kappa shape index (κ1) is 14.2. The highest BCUT2D eigenvalue weighted by atomic mass is 16.6. The van der Waals surface area contributed by atoms with Crippen LogP contribution in [0, 0.1) is 17.0 Å². The van der Waals surface area contributed by atoms with Gasteiger partial charge >= 0.3 is 0 Å². The average molecular weight is 278 g/mol. The normalized spacial score (nSPS) is 18.1. The van der Waals surface area contributed by atoms with Crippen molar-refractivity contribution in [1.82, 2.24) is 9.88 Å². The minimum atomic E-state index is -0.441. The summed E-state index contributed by atoms with van der Waals surface area (Å²) in [5.41, 5.74) is 0.594. The van der Waals surface area contributed by atoms with Crippen LogP contribution in [0.3, 0.4) is 0 Å². The monoisotopic (exact) mass is 278 g/mol. The Labute approximate surface area is 117 Å². The van der Waals surface area contributed by atoms with E-state index in [1.807, 2.05) is 11.8 Å². The summed E-state index contributed by atoms with van der Waals surface area (Å²) in [7, 11) is 0. The number of nitrogens with zero attached hydrogens (tertiary/aromatic N) is 3. The van der Waals surface area contributed by atoms with E-state index in [-0.39, 0.29) is 17.6 Å². The van der Waals surface area contributed by atoms with E-state index in [1.165, 1.54) is 6.20 Å². The molecule has 7 heteroatoms. The van der Waals surface area contributed by atoms with Gasteiger partial charge in [-0.1, -0.05) is 6.92 Å². The van der Waals surface area contributed by atoms with Crippen molar-refractivity contribution in [3.8, 4) is 0 Å². The zero-order valence-electron chi connectivity index (χ0n) is 11.6. The number of pyridine rings is 1. The SMILES string of the molecule is CCC(=O)N1CCC(Nc2cc(C)c([N+](=O)[O-])cn2)C1. The summed E-state index contributed by atoms with van der Waals surface area (Å²) in [6.45, 7) is 4.94. The van der Waals surface area contributed by atoms with Gasteiger partial charge in [-0.05, 0) is 19.4 Å². The molecule has 2 heterocycles. The van der Waals surface area contributed by atoms with Crippen LogP contribution >= 0.6 is 0 Å². The molecule has 1 unspecified atom stereocenters. The Kier molecular flexibility index (Phi) is 4.16. The summed E-state index contributed by atoms with van der Waals surface area (Å²) in [6.07, 6.45) is 2.65. The number of nitrogens with one attached hydrogen (secondary N) is 1. The minimum absolute atomic E-state index is 0.0183. The van der Waals surface area contributed by atoms with Gasteiger partial charge in [-0.25, -0.2) is 4.98 Å². The Balaban J connectivity index is 2.00. The number of anilines is 1. The highest BCUT2D eigenvalue weighted by molar-refractivity contribution is 5.76. The predicted molar refractivity (Wildman–Crippen MR) is 74.5 cm³/mol. The van der Waals surface area contributed by atoms with E-state index >= 15 is 0 Å². The highest BCUT2D eigenvalue weighted by Crippen LogP contribution is 2.21. The topological polar surface area (TPSA) is 88.4 Å². The van der Waals surface area contributed by atoms with E-state index in [9.17, 15) is 14.9 Å². The predicted octanol–water partition coefficient (Wildman–Crippen LogP) is 1.72. The summed E-state index contributed by atoms with van der Waals surface area (Å²) in [5, 5.41) is 14.0. The molecule has 1 aliphatic rings. The van der Waals surface area contributed by atoms with Gasteiger partial charge < -0.3 is 10.2 Å².